The molecule has 0 fully saturated rings. The first-order valence-electron chi connectivity index (χ1n) is 5.43. The molecule has 0 amide bonds. The number of nitrogens with zero attached hydrogens (tertiary/aromatic N) is 3. The van der Waals surface area contributed by atoms with Crippen molar-refractivity contribution in [2.75, 3.05) is 11.1 Å². The molecule has 0 aliphatic heterocycles. The van der Waals surface area contributed by atoms with Gasteiger partial charge in [0.05, 0.1) is 6.04 Å². The molecule has 0 spiro atoms. The van der Waals surface area contributed by atoms with Crippen molar-refractivity contribution in [1.82, 2.24) is 15.0 Å². The molecule has 2 aromatic rings. The molecule has 2 rings (SSSR count). The largest absolute Gasteiger partial charge is 0.384 e. The van der Waals surface area contributed by atoms with Crippen LogP contribution in [0.3, 0.4) is 0 Å². The highest BCUT2D eigenvalue weighted by Crippen LogP contribution is 2.17. The first-order valence-corrected chi connectivity index (χ1v) is 5.43. The summed E-state index contributed by atoms with van der Waals surface area (Å²) in [5.41, 5.74) is 6.82. The topological polar surface area (TPSA) is 76.7 Å². The average Bonchev–Trinajstić information content (AvgIpc) is 2.28. The maximum Gasteiger partial charge on any atom is 0.132 e. The summed E-state index contributed by atoms with van der Waals surface area (Å²) in [4.78, 5) is 12.3. The maximum absolute atomic E-state index is 5.67. The van der Waals surface area contributed by atoms with Gasteiger partial charge in [-0.3, -0.25) is 4.98 Å². The Balaban J connectivity index is 2.16. The van der Waals surface area contributed by atoms with E-state index in [9.17, 15) is 0 Å². The van der Waals surface area contributed by atoms with Crippen LogP contribution in [0, 0.1) is 6.92 Å². The summed E-state index contributed by atoms with van der Waals surface area (Å²) < 4.78 is 0. The molecule has 17 heavy (non-hydrogen) atoms. The summed E-state index contributed by atoms with van der Waals surface area (Å²) in [6, 6.07) is 5.81. The molecule has 1 atom stereocenters. The van der Waals surface area contributed by atoms with Gasteiger partial charge in [-0.05, 0) is 31.5 Å². The summed E-state index contributed by atoms with van der Waals surface area (Å²) in [6.07, 6.45) is 3.54. The second-order valence-corrected chi connectivity index (χ2v) is 3.87. The van der Waals surface area contributed by atoms with Crippen LogP contribution in [-0.2, 0) is 0 Å². The van der Waals surface area contributed by atoms with Crippen molar-refractivity contribution in [3.05, 3.63) is 42.0 Å². The Morgan fingerprint density at radius 1 is 1.24 bits per heavy atom. The zero-order valence-corrected chi connectivity index (χ0v) is 9.88. The summed E-state index contributed by atoms with van der Waals surface area (Å²) in [7, 11) is 0. The van der Waals surface area contributed by atoms with Crippen molar-refractivity contribution in [2.24, 2.45) is 0 Å². The smallest absolute Gasteiger partial charge is 0.132 e. The SMILES string of the molecule is Cc1nc(N)cc(NC(C)c2ccncc2)n1. The molecule has 5 heteroatoms. The van der Waals surface area contributed by atoms with Crippen LogP contribution in [0.5, 0.6) is 0 Å². The van der Waals surface area contributed by atoms with Gasteiger partial charge in [-0.15, -0.1) is 0 Å². The molecule has 0 saturated heterocycles. The van der Waals surface area contributed by atoms with E-state index in [4.69, 9.17) is 5.73 Å². The molecule has 2 heterocycles. The lowest BCUT2D eigenvalue weighted by atomic mass is 10.1. The summed E-state index contributed by atoms with van der Waals surface area (Å²) in [6.45, 7) is 3.88. The van der Waals surface area contributed by atoms with Crippen LogP contribution < -0.4 is 11.1 Å². The summed E-state index contributed by atoms with van der Waals surface area (Å²) in [5.74, 6) is 1.87. The van der Waals surface area contributed by atoms with Gasteiger partial charge in [-0.2, -0.15) is 0 Å². The second-order valence-electron chi connectivity index (χ2n) is 3.87. The number of hydrogen-bond acceptors (Lipinski definition) is 5. The van der Waals surface area contributed by atoms with Crippen molar-refractivity contribution < 1.29 is 0 Å². The highest BCUT2D eigenvalue weighted by molar-refractivity contribution is 5.46. The van der Waals surface area contributed by atoms with Gasteiger partial charge in [0.1, 0.15) is 17.5 Å². The van der Waals surface area contributed by atoms with E-state index in [1.54, 1.807) is 18.5 Å². The highest BCUT2D eigenvalue weighted by atomic mass is 15.1. The lowest BCUT2D eigenvalue weighted by molar-refractivity contribution is 0.864. The Kier molecular flexibility index (Phi) is 3.18. The number of nitrogen functional groups attached to an aromatic ring is 1. The third kappa shape index (κ3) is 2.90. The Hall–Kier alpha value is -2.17. The Morgan fingerprint density at radius 2 is 1.94 bits per heavy atom. The predicted molar refractivity (Wildman–Crippen MR) is 67.5 cm³/mol. The first-order chi connectivity index (χ1) is 8.15. The maximum atomic E-state index is 5.67. The fourth-order valence-electron chi connectivity index (χ4n) is 1.62. The quantitative estimate of drug-likeness (QED) is 0.841. The molecule has 0 aliphatic rings. The van der Waals surface area contributed by atoms with E-state index in [0.717, 1.165) is 11.4 Å². The van der Waals surface area contributed by atoms with Crippen LogP contribution in [0.25, 0.3) is 0 Å². The molecular formula is C12H15N5. The Morgan fingerprint density at radius 3 is 2.59 bits per heavy atom. The number of hydrogen-bond donors (Lipinski definition) is 2. The number of rotatable bonds is 3. The van der Waals surface area contributed by atoms with Crippen molar-refractivity contribution in [3.8, 4) is 0 Å². The van der Waals surface area contributed by atoms with Crippen molar-refractivity contribution in [1.29, 1.82) is 0 Å². The van der Waals surface area contributed by atoms with Gasteiger partial charge in [0.2, 0.25) is 0 Å². The number of nitrogens with two attached hydrogens (primary N) is 1. The molecular weight excluding hydrogens is 214 g/mol. The molecule has 1 unspecified atom stereocenters. The van der Waals surface area contributed by atoms with Gasteiger partial charge in [0.25, 0.3) is 0 Å². The van der Waals surface area contributed by atoms with E-state index in [1.165, 1.54) is 0 Å². The van der Waals surface area contributed by atoms with E-state index in [2.05, 4.69) is 27.2 Å². The lowest BCUT2D eigenvalue weighted by Gasteiger charge is -2.15. The van der Waals surface area contributed by atoms with Gasteiger partial charge in [0.15, 0.2) is 0 Å². The number of aromatic nitrogens is 3. The standard InChI is InChI=1S/C12H15N5/c1-8(10-3-5-14-6-4-10)15-12-7-11(13)16-9(2)17-12/h3-8H,1-2H3,(H3,13,15,16,17). The Bertz CT molecular complexity index is 477. The Labute approximate surface area is 100 Å². The molecule has 2 aromatic heterocycles. The minimum Gasteiger partial charge on any atom is -0.384 e. The second kappa shape index (κ2) is 4.78. The molecule has 88 valence electrons. The summed E-state index contributed by atoms with van der Waals surface area (Å²) in [5, 5.41) is 3.28. The highest BCUT2D eigenvalue weighted by Gasteiger charge is 2.06. The van der Waals surface area contributed by atoms with Crippen LogP contribution in [-0.4, -0.2) is 15.0 Å². The van der Waals surface area contributed by atoms with E-state index < -0.39 is 0 Å². The fourth-order valence-corrected chi connectivity index (χ4v) is 1.62. The van der Waals surface area contributed by atoms with Crippen molar-refractivity contribution >= 4 is 11.6 Å². The fraction of sp³-hybridized carbons (Fsp3) is 0.250. The van der Waals surface area contributed by atoms with Crippen LogP contribution in [0.1, 0.15) is 24.4 Å². The molecule has 0 radical (unpaired) electrons. The zero-order chi connectivity index (χ0) is 12.3. The van der Waals surface area contributed by atoms with Gasteiger partial charge in [-0.25, -0.2) is 9.97 Å². The lowest BCUT2D eigenvalue weighted by Crippen LogP contribution is -2.09. The van der Waals surface area contributed by atoms with Gasteiger partial charge >= 0.3 is 0 Å². The summed E-state index contributed by atoms with van der Waals surface area (Å²) >= 11 is 0. The number of pyridine rings is 1. The first kappa shape index (κ1) is 11.3. The predicted octanol–water partition coefficient (Wildman–Crippen LogP) is 1.94. The number of aryl methyl sites for hydroxylation is 1. The third-order valence-corrected chi connectivity index (χ3v) is 2.43. The van der Waals surface area contributed by atoms with E-state index >= 15 is 0 Å². The molecule has 5 nitrogen and oxygen atoms in total. The molecule has 3 N–H and O–H groups in total. The minimum absolute atomic E-state index is 0.145. The van der Waals surface area contributed by atoms with Crippen LogP contribution >= 0.6 is 0 Å². The van der Waals surface area contributed by atoms with Crippen LogP contribution in [0.15, 0.2) is 30.6 Å². The minimum atomic E-state index is 0.145. The third-order valence-electron chi connectivity index (χ3n) is 2.43. The average molecular weight is 229 g/mol. The van der Waals surface area contributed by atoms with Crippen molar-refractivity contribution in [3.63, 3.8) is 0 Å². The number of anilines is 2. The molecule has 0 bridgehead atoms. The number of nitrogens with one attached hydrogen (secondary N) is 1. The molecule has 0 aliphatic carbocycles. The molecule has 0 saturated carbocycles. The molecule has 0 aromatic carbocycles. The van der Waals surface area contributed by atoms with E-state index in [-0.39, 0.29) is 6.04 Å². The van der Waals surface area contributed by atoms with Gasteiger partial charge in [0, 0.05) is 18.5 Å². The zero-order valence-electron chi connectivity index (χ0n) is 9.88. The van der Waals surface area contributed by atoms with Crippen molar-refractivity contribution in [2.45, 2.75) is 19.9 Å². The van der Waals surface area contributed by atoms with E-state index in [0.29, 0.717) is 11.6 Å². The van der Waals surface area contributed by atoms with Crippen LogP contribution in [0.2, 0.25) is 0 Å². The normalized spacial score (nSPS) is 12.1. The van der Waals surface area contributed by atoms with E-state index in [1.807, 2.05) is 19.1 Å². The monoisotopic (exact) mass is 229 g/mol. The van der Waals surface area contributed by atoms with Crippen LogP contribution in [0.4, 0.5) is 11.6 Å². The van der Waals surface area contributed by atoms with Gasteiger partial charge in [-0.1, -0.05) is 0 Å². The van der Waals surface area contributed by atoms with Gasteiger partial charge < -0.3 is 11.1 Å².